The van der Waals surface area contributed by atoms with Gasteiger partial charge in [0.05, 0.1) is 11.9 Å². The van der Waals surface area contributed by atoms with Crippen LogP contribution in [0, 0.1) is 5.82 Å². The smallest absolute Gasteiger partial charge is 0.259 e. The standard InChI is InChI=1S/C23H27FN4OS/c1-15(16-6-8-17(24)9-7-16)28-12-10-27(11-13-28)14-20-25-22(29)21-18-4-2-3-5-19(18)30-23(21)26-20/h6-9,15H,2-5,10-14H2,1H3,(H,25,26,29)/t15-/m0/s1. The van der Waals surface area contributed by atoms with Gasteiger partial charge in [-0.15, -0.1) is 11.3 Å². The Labute approximate surface area is 179 Å². The summed E-state index contributed by atoms with van der Waals surface area (Å²) in [5.74, 6) is 0.576. The lowest BCUT2D eigenvalue weighted by molar-refractivity contribution is 0.0962. The maximum Gasteiger partial charge on any atom is 0.259 e. The fourth-order valence-corrected chi connectivity index (χ4v) is 6.04. The van der Waals surface area contributed by atoms with Crippen molar-refractivity contribution in [2.45, 2.75) is 45.2 Å². The lowest BCUT2D eigenvalue weighted by Gasteiger charge is -2.38. The molecule has 0 saturated carbocycles. The van der Waals surface area contributed by atoms with Crippen LogP contribution in [0.25, 0.3) is 10.2 Å². The lowest BCUT2D eigenvalue weighted by atomic mass is 9.97. The molecule has 1 N–H and O–H groups in total. The molecule has 1 aliphatic carbocycles. The summed E-state index contributed by atoms with van der Waals surface area (Å²) in [6, 6.07) is 7.07. The van der Waals surface area contributed by atoms with E-state index in [9.17, 15) is 9.18 Å². The fourth-order valence-electron chi connectivity index (χ4n) is 4.76. The number of halogens is 1. The largest absolute Gasteiger partial charge is 0.309 e. The SMILES string of the molecule is C[C@@H](c1ccc(F)cc1)N1CCN(Cc2nc3sc4c(c3c(=O)[nH]2)CCCC4)CC1. The summed E-state index contributed by atoms with van der Waals surface area (Å²) in [5, 5.41) is 0.830. The minimum atomic E-state index is -0.194. The van der Waals surface area contributed by atoms with Gasteiger partial charge in [0.1, 0.15) is 16.5 Å². The molecular formula is C23H27FN4OS. The van der Waals surface area contributed by atoms with E-state index in [0.717, 1.165) is 60.6 Å². The first-order valence-electron chi connectivity index (χ1n) is 10.8. The Balaban J connectivity index is 1.26. The quantitative estimate of drug-likeness (QED) is 0.688. The molecule has 1 atom stereocenters. The Morgan fingerprint density at radius 1 is 1.13 bits per heavy atom. The second-order valence-corrected chi connectivity index (χ2v) is 9.53. The third kappa shape index (κ3) is 3.82. The van der Waals surface area contributed by atoms with E-state index in [1.807, 2.05) is 12.1 Å². The molecule has 3 aromatic rings. The van der Waals surface area contributed by atoms with Gasteiger partial charge in [0.25, 0.3) is 5.56 Å². The molecular weight excluding hydrogens is 399 g/mol. The number of piperazine rings is 1. The van der Waals surface area contributed by atoms with E-state index in [0.29, 0.717) is 6.54 Å². The van der Waals surface area contributed by atoms with Gasteiger partial charge >= 0.3 is 0 Å². The molecule has 1 aromatic carbocycles. The maximum absolute atomic E-state index is 13.2. The summed E-state index contributed by atoms with van der Waals surface area (Å²) in [6.45, 7) is 6.58. The number of nitrogens with zero attached hydrogens (tertiary/aromatic N) is 3. The molecule has 2 aliphatic rings. The normalized spacial score (nSPS) is 19.1. The molecule has 2 aromatic heterocycles. The second kappa shape index (κ2) is 8.21. The van der Waals surface area contributed by atoms with Crippen molar-refractivity contribution in [2.24, 2.45) is 0 Å². The highest BCUT2D eigenvalue weighted by Gasteiger charge is 2.24. The van der Waals surface area contributed by atoms with Crippen LogP contribution >= 0.6 is 11.3 Å². The lowest BCUT2D eigenvalue weighted by Crippen LogP contribution is -2.46. The van der Waals surface area contributed by atoms with E-state index in [-0.39, 0.29) is 17.4 Å². The third-order valence-electron chi connectivity index (χ3n) is 6.55. The van der Waals surface area contributed by atoms with Crippen LogP contribution in [0.2, 0.25) is 0 Å². The number of aryl methyl sites for hydroxylation is 2. The number of aromatic amines is 1. The summed E-state index contributed by atoms with van der Waals surface area (Å²) in [6.07, 6.45) is 4.47. The Bertz CT molecular complexity index is 1100. The Hall–Kier alpha value is -2.09. The monoisotopic (exact) mass is 426 g/mol. The number of rotatable bonds is 4. The molecule has 5 rings (SSSR count). The van der Waals surface area contributed by atoms with Crippen molar-refractivity contribution < 1.29 is 4.39 Å². The van der Waals surface area contributed by atoms with Gasteiger partial charge in [0.15, 0.2) is 0 Å². The van der Waals surface area contributed by atoms with Gasteiger partial charge in [-0.1, -0.05) is 12.1 Å². The van der Waals surface area contributed by atoms with Crippen molar-refractivity contribution in [3.8, 4) is 0 Å². The molecule has 0 bridgehead atoms. The van der Waals surface area contributed by atoms with E-state index in [1.54, 1.807) is 11.3 Å². The molecule has 158 valence electrons. The van der Waals surface area contributed by atoms with Crippen LogP contribution in [0.3, 0.4) is 0 Å². The van der Waals surface area contributed by atoms with Crippen LogP contribution in [0.1, 0.15) is 47.6 Å². The predicted molar refractivity (Wildman–Crippen MR) is 119 cm³/mol. The second-order valence-electron chi connectivity index (χ2n) is 8.44. The molecule has 1 fully saturated rings. The maximum atomic E-state index is 13.2. The van der Waals surface area contributed by atoms with Crippen molar-refractivity contribution in [3.05, 3.63) is 62.3 Å². The zero-order chi connectivity index (χ0) is 20.7. The number of benzene rings is 1. The number of H-pyrrole nitrogens is 1. The van der Waals surface area contributed by atoms with Crippen LogP contribution < -0.4 is 5.56 Å². The van der Waals surface area contributed by atoms with Gasteiger partial charge in [-0.25, -0.2) is 9.37 Å². The van der Waals surface area contributed by atoms with Crippen molar-refractivity contribution >= 4 is 21.6 Å². The van der Waals surface area contributed by atoms with Gasteiger partial charge in [0, 0.05) is 37.1 Å². The average Bonchev–Trinajstić information content (AvgIpc) is 3.13. The minimum absolute atomic E-state index is 0.0259. The summed E-state index contributed by atoms with van der Waals surface area (Å²) >= 11 is 1.71. The molecule has 30 heavy (non-hydrogen) atoms. The molecule has 0 amide bonds. The highest BCUT2D eigenvalue weighted by Crippen LogP contribution is 2.33. The van der Waals surface area contributed by atoms with Crippen molar-refractivity contribution in [1.82, 2.24) is 19.8 Å². The molecule has 1 saturated heterocycles. The highest BCUT2D eigenvalue weighted by atomic mass is 32.1. The topological polar surface area (TPSA) is 52.2 Å². The fraction of sp³-hybridized carbons (Fsp3) is 0.478. The van der Waals surface area contributed by atoms with Crippen molar-refractivity contribution in [1.29, 1.82) is 0 Å². The first kappa shape index (κ1) is 19.8. The molecule has 5 nitrogen and oxygen atoms in total. The Kier molecular flexibility index (Phi) is 5.43. The first-order valence-corrected chi connectivity index (χ1v) is 11.7. The Morgan fingerprint density at radius 2 is 1.87 bits per heavy atom. The number of thiophene rings is 1. The highest BCUT2D eigenvalue weighted by molar-refractivity contribution is 7.18. The Morgan fingerprint density at radius 3 is 2.63 bits per heavy atom. The molecule has 3 heterocycles. The number of aromatic nitrogens is 2. The van der Waals surface area contributed by atoms with E-state index in [1.165, 1.54) is 35.4 Å². The zero-order valence-electron chi connectivity index (χ0n) is 17.3. The summed E-state index contributed by atoms with van der Waals surface area (Å²) in [7, 11) is 0. The third-order valence-corrected chi connectivity index (χ3v) is 7.74. The molecule has 7 heteroatoms. The van der Waals surface area contributed by atoms with Gasteiger partial charge in [-0.3, -0.25) is 14.6 Å². The van der Waals surface area contributed by atoms with Gasteiger partial charge < -0.3 is 4.98 Å². The van der Waals surface area contributed by atoms with Crippen LogP contribution in [-0.2, 0) is 19.4 Å². The molecule has 1 aliphatic heterocycles. The number of nitrogens with one attached hydrogen (secondary N) is 1. The van der Waals surface area contributed by atoms with Crippen molar-refractivity contribution in [3.63, 3.8) is 0 Å². The predicted octanol–water partition coefficient (Wildman–Crippen LogP) is 3.88. The minimum Gasteiger partial charge on any atom is -0.309 e. The zero-order valence-corrected chi connectivity index (χ0v) is 18.1. The van der Waals surface area contributed by atoms with Crippen LogP contribution in [0.5, 0.6) is 0 Å². The van der Waals surface area contributed by atoms with Crippen LogP contribution in [-0.4, -0.2) is 45.9 Å². The average molecular weight is 427 g/mol. The van der Waals surface area contributed by atoms with Crippen LogP contribution in [0.4, 0.5) is 4.39 Å². The first-order chi connectivity index (χ1) is 14.6. The molecule has 0 spiro atoms. The summed E-state index contributed by atoms with van der Waals surface area (Å²) in [4.78, 5) is 27.7. The summed E-state index contributed by atoms with van der Waals surface area (Å²) in [5.41, 5.74) is 2.41. The molecule has 0 radical (unpaired) electrons. The van der Waals surface area contributed by atoms with E-state index in [2.05, 4.69) is 21.7 Å². The van der Waals surface area contributed by atoms with Gasteiger partial charge in [-0.05, 0) is 55.9 Å². The number of hydrogen-bond acceptors (Lipinski definition) is 5. The van der Waals surface area contributed by atoms with Crippen molar-refractivity contribution in [2.75, 3.05) is 26.2 Å². The molecule has 0 unspecified atom stereocenters. The number of fused-ring (bicyclic) bond motifs is 3. The van der Waals surface area contributed by atoms with Crippen LogP contribution in [0.15, 0.2) is 29.1 Å². The van der Waals surface area contributed by atoms with Gasteiger partial charge in [0.2, 0.25) is 0 Å². The van der Waals surface area contributed by atoms with E-state index in [4.69, 9.17) is 4.98 Å². The summed E-state index contributed by atoms with van der Waals surface area (Å²) < 4.78 is 13.2. The van der Waals surface area contributed by atoms with E-state index >= 15 is 0 Å². The van der Waals surface area contributed by atoms with Gasteiger partial charge in [-0.2, -0.15) is 0 Å². The van der Waals surface area contributed by atoms with E-state index < -0.39 is 0 Å². The number of hydrogen-bond donors (Lipinski definition) is 1.